The summed E-state index contributed by atoms with van der Waals surface area (Å²) < 4.78 is 0. The van der Waals surface area contributed by atoms with Gasteiger partial charge in [0.15, 0.2) is 0 Å². The van der Waals surface area contributed by atoms with Crippen molar-refractivity contribution in [2.24, 2.45) is 5.92 Å². The standard InChI is InChI=1S/C15H17N3O2/c19-11-6-5-10(7-11)8-17-15(20)14-9-16-12-3-1-2-4-13(12)18-14/h1-4,9-11,19H,5-8H2,(H,17,20). The van der Waals surface area contributed by atoms with Crippen LogP contribution in [-0.4, -0.2) is 33.6 Å². The Morgan fingerprint density at radius 3 is 2.85 bits per heavy atom. The number of nitrogens with zero attached hydrogens (tertiary/aromatic N) is 2. The molecule has 104 valence electrons. The Morgan fingerprint density at radius 1 is 1.30 bits per heavy atom. The second-order valence-corrected chi connectivity index (χ2v) is 5.29. The third-order valence-corrected chi connectivity index (χ3v) is 3.75. The van der Waals surface area contributed by atoms with Crippen molar-refractivity contribution in [2.45, 2.75) is 25.4 Å². The molecule has 5 nitrogen and oxygen atoms in total. The van der Waals surface area contributed by atoms with Gasteiger partial charge in [0.25, 0.3) is 5.91 Å². The lowest BCUT2D eigenvalue weighted by molar-refractivity contribution is 0.0940. The minimum absolute atomic E-state index is 0.204. The number of nitrogens with one attached hydrogen (secondary N) is 1. The number of amides is 1. The highest BCUT2D eigenvalue weighted by Gasteiger charge is 2.23. The highest BCUT2D eigenvalue weighted by Crippen LogP contribution is 2.24. The summed E-state index contributed by atoms with van der Waals surface area (Å²) in [6.45, 7) is 0.588. The predicted molar refractivity (Wildman–Crippen MR) is 75.2 cm³/mol. The SMILES string of the molecule is O=C(NCC1CCC(O)C1)c1cnc2ccccc2n1. The monoisotopic (exact) mass is 271 g/mol. The Labute approximate surface area is 117 Å². The van der Waals surface area contributed by atoms with Crippen LogP contribution in [0, 0.1) is 5.92 Å². The van der Waals surface area contributed by atoms with E-state index in [4.69, 9.17) is 0 Å². The molecule has 1 fully saturated rings. The predicted octanol–water partition coefficient (Wildman–Crippen LogP) is 1.52. The van der Waals surface area contributed by atoms with E-state index in [1.165, 1.54) is 6.20 Å². The molecule has 1 heterocycles. The first-order valence-corrected chi connectivity index (χ1v) is 6.90. The van der Waals surface area contributed by atoms with Gasteiger partial charge in [0.1, 0.15) is 5.69 Å². The molecule has 20 heavy (non-hydrogen) atoms. The lowest BCUT2D eigenvalue weighted by Gasteiger charge is -2.10. The lowest BCUT2D eigenvalue weighted by atomic mass is 10.1. The number of hydrogen-bond donors (Lipinski definition) is 2. The van der Waals surface area contributed by atoms with Crippen LogP contribution in [-0.2, 0) is 0 Å². The van der Waals surface area contributed by atoms with Crippen molar-refractivity contribution in [2.75, 3.05) is 6.54 Å². The molecular weight excluding hydrogens is 254 g/mol. The number of carbonyl (C=O) groups is 1. The van der Waals surface area contributed by atoms with Crippen molar-refractivity contribution in [3.05, 3.63) is 36.2 Å². The van der Waals surface area contributed by atoms with Crippen molar-refractivity contribution in [1.29, 1.82) is 0 Å². The number of carbonyl (C=O) groups excluding carboxylic acids is 1. The van der Waals surface area contributed by atoms with Crippen LogP contribution in [0.2, 0.25) is 0 Å². The Morgan fingerprint density at radius 2 is 2.10 bits per heavy atom. The fourth-order valence-corrected chi connectivity index (χ4v) is 2.63. The summed E-state index contributed by atoms with van der Waals surface area (Å²) in [6, 6.07) is 7.47. The molecule has 0 aliphatic heterocycles. The smallest absolute Gasteiger partial charge is 0.271 e. The molecule has 0 saturated heterocycles. The van der Waals surface area contributed by atoms with E-state index in [0.717, 1.165) is 30.3 Å². The Balaban J connectivity index is 1.66. The van der Waals surface area contributed by atoms with Gasteiger partial charge in [-0.3, -0.25) is 9.78 Å². The van der Waals surface area contributed by atoms with Crippen LogP contribution < -0.4 is 5.32 Å². The Hall–Kier alpha value is -2.01. The zero-order chi connectivity index (χ0) is 13.9. The van der Waals surface area contributed by atoms with E-state index < -0.39 is 0 Å². The molecular formula is C15H17N3O2. The van der Waals surface area contributed by atoms with Gasteiger partial charge in [-0.2, -0.15) is 0 Å². The summed E-state index contributed by atoms with van der Waals surface area (Å²) in [7, 11) is 0. The van der Waals surface area contributed by atoms with Gasteiger partial charge >= 0.3 is 0 Å². The molecule has 1 saturated carbocycles. The van der Waals surface area contributed by atoms with Gasteiger partial charge in [0, 0.05) is 6.54 Å². The minimum Gasteiger partial charge on any atom is -0.393 e. The van der Waals surface area contributed by atoms with Crippen LogP contribution in [0.4, 0.5) is 0 Å². The summed E-state index contributed by atoms with van der Waals surface area (Å²) in [5.41, 5.74) is 1.83. The molecule has 1 aromatic carbocycles. The summed E-state index contributed by atoms with van der Waals surface area (Å²) in [4.78, 5) is 20.6. The van der Waals surface area contributed by atoms with Gasteiger partial charge in [-0.15, -0.1) is 0 Å². The Bertz CT molecular complexity index is 629. The molecule has 2 atom stereocenters. The molecule has 1 aliphatic rings. The largest absolute Gasteiger partial charge is 0.393 e. The molecule has 3 rings (SSSR count). The average molecular weight is 271 g/mol. The van der Waals surface area contributed by atoms with Gasteiger partial charge in [0.05, 0.1) is 23.3 Å². The molecule has 0 spiro atoms. The molecule has 1 aliphatic carbocycles. The molecule has 5 heteroatoms. The van der Waals surface area contributed by atoms with Crippen LogP contribution in [0.5, 0.6) is 0 Å². The third-order valence-electron chi connectivity index (χ3n) is 3.75. The fraction of sp³-hybridized carbons (Fsp3) is 0.400. The summed E-state index contributed by atoms with van der Waals surface area (Å²) in [6.07, 6.45) is 3.85. The highest BCUT2D eigenvalue weighted by molar-refractivity contribution is 5.93. The number of para-hydroxylation sites is 2. The second kappa shape index (κ2) is 5.54. The van der Waals surface area contributed by atoms with E-state index in [0.29, 0.717) is 18.2 Å². The van der Waals surface area contributed by atoms with E-state index in [1.54, 1.807) is 0 Å². The quantitative estimate of drug-likeness (QED) is 0.887. The molecule has 2 unspecified atom stereocenters. The topological polar surface area (TPSA) is 75.1 Å². The number of hydrogen-bond acceptors (Lipinski definition) is 4. The molecule has 0 radical (unpaired) electrons. The molecule has 1 aromatic heterocycles. The van der Waals surface area contributed by atoms with Crippen LogP contribution in [0.1, 0.15) is 29.8 Å². The van der Waals surface area contributed by atoms with Crippen molar-refractivity contribution in [3.8, 4) is 0 Å². The summed E-state index contributed by atoms with van der Waals surface area (Å²) in [5.74, 6) is 0.159. The van der Waals surface area contributed by atoms with Crippen molar-refractivity contribution in [3.63, 3.8) is 0 Å². The number of benzene rings is 1. The first kappa shape index (κ1) is 13.0. The van der Waals surface area contributed by atoms with Crippen molar-refractivity contribution in [1.82, 2.24) is 15.3 Å². The van der Waals surface area contributed by atoms with Gasteiger partial charge in [-0.25, -0.2) is 4.98 Å². The number of fused-ring (bicyclic) bond motifs is 1. The zero-order valence-corrected chi connectivity index (χ0v) is 11.1. The maximum Gasteiger partial charge on any atom is 0.271 e. The van der Waals surface area contributed by atoms with Crippen LogP contribution in [0.25, 0.3) is 11.0 Å². The summed E-state index contributed by atoms with van der Waals surface area (Å²) in [5, 5.41) is 12.3. The second-order valence-electron chi connectivity index (χ2n) is 5.29. The van der Waals surface area contributed by atoms with Crippen LogP contribution in [0.3, 0.4) is 0 Å². The van der Waals surface area contributed by atoms with Crippen LogP contribution in [0.15, 0.2) is 30.5 Å². The first-order valence-electron chi connectivity index (χ1n) is 6.90. The number of aliphatic hydroxyl groups excluding tert-OH is 1. The van der Waals surface area contributed by atoms with Gasteiger partial charge in [-0.05, 0) is 37.3 Å². The molecule has 2 aromatic rings. The zero-order valence-electron chi connectivity index (χ0n) is 11.1. The molecule has 1 amide bonds. The number of aliphatic hydroxyl groups is 1. The molecule has 2 N–H and O–H groups in total. The van der Waals surface area contributed by atoms with Gasteiger partial charge < -0.3 is 10.4 Å². The molecule has 0 bridgehead atoms. The van der Waals surface area contributed by atoms with Crippen molar-refractivity contribution < 1.29 is 9.90 Å². The van der Waals surface area contributed by atoms with Gasteiger partial charge in [0.2, 0.25) is 0 Å². The minimum atomic E-state index is -0.211. The summed E-state index contributed by atoms with van der Waals surface area (Å²) >= 11 is 0. The maximum absolute atomic E-state index is 12.1. The Kier molecular flexibility index (Phi) is 3.60. The normalized spacial score (nSPS) is 22.1. The van der Waals surface area contributed by atoms with E-state index in [2.05, 4.69) is 15.3 Å². The lowest BCUT2D eigenvalue weighted by Crippen LogP contribution is -2.29. The van der Waals surface area contributed by atoms with E-state index >= 15 is 0 Å². The highest BCUT2D eigenvalue weighted by atomic mass is 16.3. The van der Waals surface area contributed by atoms with Gasteiger partial charge in [-0.1, -0.05) is 12.1 Å². The average Bonchev–Trinajstić information content (AvgIpc) is 2.90. The first-order chi connectivity index (χ1) is 9.72. The maximum atomic E-state index is 12.1. The number of rotatable bonds is 3. The van der Waals surface area contributed by atoms with Crippen LogP contribution >= 0.6 is 0 Å². The number of aromatic nitrogens is 2. The van der Waals surface area contributed by atoms with Crippen molar-refractivity contribution >= 4 is 16.9 Å². The van der Waals surface area contributed by atoms with E-state index in [-0.39, 0.29) is 12.0 Å². The van der Waals surface area contributed by atoms with E-state index in [9.17, 15) is 9.90 Å². The third kappa shape index (κ3) is 2.77. The fourth-order valence-electron chi connectivity index (χ4n) is 2.63. The van der Waals surface area contributed by atoms with E-state index in [1.807, 2.05) is 24.3 Å².